The normalized spacial score (nSPS) is 15.9. The van der Waals surface area contributed by atoms with E-state index in [0.29, 0.717) is 12.1 Å². The zero-order chi connectivity index (χ0) is 15.1. The van der Waals surface area contributed by atoms with Gasteiger partial charge in [0.15, 0.2) is 6.73 Å². The van der Waals surface area contributed by atoms with Gasteiger partial charge in [-0.2, -0.15) is 13.2 Å². The molecule has 7 nitrogen and oxygen atoms in total. The number of nitro groups is 1. The van der Waals surface area contributed by atoms with E-state index in [1.165, 1.54) is 7.05 Å². The molecule has 1 aliphatic heterocycles. The van der Waals surface area contributed by atoms with Crippen LogP contribution in [0.15, 0.2) is 18.2 Å². The van der Waals surface area contributed by atoms with Gasteiger partial charge in [-0.15, -0.1) is 0 Å². The Labute approximate surface area is 110 Å². The molecule has 0 radical (unpaired) electrons. The number of hydrogen-bond acceptors (Lipinski definition) is 4. The SMILES string of the molecule is CN1OCN(c2ccc([N+](=O)[O-])c(C(F)(F)F)c2)C1=O. The first-order valence-electron chi connectivity index (χ1n) is 5.25. The number of hydroxylamine groups is 2. The standard InChI is InChI=1S/C10H8F3N3O4/c1-14-9(17)15(5-20-14)6-2-3-8(16(18)19)7(4-6)10(11,12)13/h2-4H,5H2,1H3. The Morgan fingerprint density at radius 2 is 2.05 bits per heavy atom. The molecule has 1 aromatic carbocycles. The fraction of sp³-hybridized carbons (Fsp3) is 0.300. The van der Waals surface area contributed by atoms with Gasteiger partial charge < -0.3 is 0 Å². The average Bonchev–Trinajstić information content (AvgIpc) is 2.68. The van der Waals surface area contributed by atoms with Gasteiger partial charge in [-0.05, 0) is 12.1 Å². The Morgan fingerprint density at radius 1 is 1.40 bits per heavy atom. The Balaban J connectivity index is 2.48. The first-order chi connectivity index (χ1) is 9.21. The topological polar surface area (TPSA) is 75.9 Å². The molecule has 1 saturated heterocycles. The summed E-state index contributed by atoms with van der Waals surface area (Å²) < 4.78 is 38.4. The lowest BCUT2D eigenvalue weighted by Gasteiger charge is -2.15. The van der Waals surface area contributed by atoms with Crippen LogP contribution in [0.2, 0.25) is 0 Å². The van der Waals surface area contributed by atoms with E-state index in [9.17, 15) is 28.1 Å². The minimum atomic E-state index is -4.89. The molecule has 0 atom stereocenters. The van der Waals surface area contributed by atoms with Crippen LogP contribution in [0, 0.1) is 10.1 Å². The highest BCUT2D eigenvalue weighted by Gasteiger charge is 2.39. The lowest BCUT2D eigenvalue weighted by atomic mass is 10.1. The fourth-order valence-electron chi connectivity index (χ4n) is 1.69. The van der Waals surface area contributed by atoms with Crippen molar-refractivity contribution in [2.75, 3.05) is 18.7 Å². The van der Waals surface area contributed by atoms with Crippen LogP contribution >= 0.6 is 0 Å². The molecular formula is C10H8F3N3O4. The monoisotopic (exact) mass is 291 g/mol. The highest BCUT2D eigenvalue weighted by molar-refractivity contribution is 5.92. The van der Waals surface area contributed by atoms with Crippen LogP contribution < -0.4 is 4.90 Å². The van der Waals surface area contributed by atoms with Crippen LogP contribution in [-0.4, -0.2) is 29.8 Å². The second-order valence-electron chi connectivity index (χ2n) is 3.92. The molecule has 0 spiro atoms. The molecule has 0 aliphatic carbocycles. The molecule has 0 aromatic heterocycles. The molecule has 0 saturated carbocycles. The van der Waals surface area contributed by atoms with Gasteiger partial charge in [0, 0.05) is 18.8 Å². The van der Waals surface area contributed by atoms with E-state index in [0.717, 1.165) is 16.0 Å². The molecule has 0 bridgehead atoms. The number of urea groups is 1. The number of alkyl halides is 3. The summed E-state index contributed by atoms with van der Waals surface area (Å²) in [4.78, 5) is 26.8. The predicted octanol–water partition coefficient (Wildman–Crippen LogP) is 2.37. The summed E-state index contributed by atoms with van der Waals surface area (Å²) in [5.41, 5.74) is -2.61. The number of anilines is 1. The molecule has 2 amide bonds. The molecule has 2 rings (SSSR count). The molecule has 1 fully saturated rings. The van der Waals surface area contributed by atoms with E-state index in [1.54, 1.807) is 0 Å². The van der Waals surface area contributed by atoms with Crippen LogP contribution in [-0.2, 0) is 11.0 Å². The smallest absolute Gasteiger partial charge is 0.266 e. The van der Waals surface area contributed by atoms with Crippen LogP contribution in [0.3, 0.4) is 0 Å². The lowest BCUT2D eigenvalue weighted by Crippen LogP contribution is -2.29. The maximum atomic E-state index is 12.8. The Kier molecular flexibility index (Phi) is 3.26. The number of nitrogens with zero attached hydrogens (tertiary/aromatic N) is 3. The van der Waals surface area contributed by atoms with Gasteiger partial charge in [-0.3, -0.25) is 15.0 Å². The van der Waals surface area contributed by atoms with Crippen LogP contribution in [0.5, 0.6) is 0 Å². The number of carbonyl (C=O) groups excluding carboxylic acids is 1. The van der Waals surface area contributed by atoms with Crippen molar-refractivity contribution < 1.29 is 27.7 Å². The zero-order valence-corrected chi connectivity index (χ0v) is 10.0. The van der Waals surface area contributed by atoms with Crippen LogP contribution in [0.25, 0.3) is 0 Å². The largest absolute Gasteiger partial charge is 0.423 e. The maximum absolute atomic E-state index is 12.8. The van der Waals surface area contributed by atoms with Crippen LogP contribution in [0.4, 0.5) is 29.3 Å². The van der Waals surface area contributed by atoms with Gasteiger partial charge in [0.05, 0.1) is 4.92 Å². The van der Waals surface area contributed by atoms with E-state index in [2.05, 4.69) is 0 Å². The van der Waals surface area contributed by atoms with E-state index in [4.69, 9.17) is 4.84 Å². The van der Waals surface area contributed by atoms with Gasteiger partial charge in [-0.1, -0.05) is 0 Å². The second-order valence-corrected chi connectivity index (χ2v) is 3.92. The minimum absolute atomic E-state index is 0.128. The number of benzene rings is 1. The predicted molar refractivity (Wildman–Crippen MR) is 59.7 cm³/mol. The molecular weight excluding hydrogens is 283 g/mol. The van der Waals surface area contributed by atoms with Gasteiger partial charge in [0.2, 0.25) is 0 Å². The second kappa shape index (κ2) is 4.63. The van der Waals surface area contributed by atoms with E-state index >= 15 is 0 Å². The summed E-state index contributed by atoms with van der Waals surface area (Å²) in [6.07, 6.45) is -4.89. The third kappa shape index (κ3) is 2.37. The zero-order valence-electron chi connectivity index (χ0n) is 10.0. The van der Waals surface area contributed by atoms with Crippen molar-refractivity contribution in [3.63, 3.8) is 0 Å². The van der Waals surface area contributed by atoms with E-state index in [-0.39, 0.29) is 12.4 Å². The van der Waals surface area contributed by atoms with Crippen molar-refractivity contribution >= 4 is 17.4 Å². The number of nitro benzene ring substituents is 1. The highest BCUT2D eigenvalue weighted by atomic mass is 19.4. The van der Waals surface area contributed by atoms with Gasteiger partial charge in [0.25, 0.3) is 5.69 Å². The molecule has 20 heavy (non-hydrogen) atoms. The third-order valence-corrected chi connectivity index (χ3v) is 2.67. The summed E-state index contributed by atoms with van der Waals surface area (Å²) in [6, 6.07) is 1.67. The third-order valence-electron chi connectivity index (χ3n) is 2.67. The summed E-state index contributed by atoms with van der Waals surface area (Å²) in [5, 5.41) is 11.5. The molecule has 0 unspecified atom stereocenters. The number of amides is 2. The minimum Gasteiger partial charge on any atom is -0.266 e. The Bertz CT molecular complexity index is 575. The summed E-state index contributed by atoms with van der Waals surface area (Å²) in [5.74, 6) is 0. The van der Waals surface area contributed by atoms with Crippen molar-refractivity contribution in [1.29, 1.82) is 0 Å². The highest BCUT2D eigenvalue weighted by Crippen LogP contribution is 2.38. The first-order valence-corrected chi connectivity index (χ1v) is 5.25. The van der Waals surface area contributed by atoms with Gasteiger partial charge >= 0.3 is 12.2 Å². The quantitative estimate of drug-likeness (QED) is 0.619. The van der Waals surface area contributed by atoms with Crippen LogP contribution in [0.1, 0.15) is 5.56 Å². The Hall–Kier alpha value is -2.36. The maximum Gasteiger partial charge on any atom is 0.423 e. The van der Waals surface area contributed by atoms with Crippen molar-refractivity contribution in [2.24, 2.45) is 0 Å². The number of carbonyl (C=O) groups is 1. The van der Waals surface area contributed by atoms with Crippen molar-refractivity contribution in [3.8, 4) is 0 Å². The number of rotatable bonds is 2. The number of hydrogen-bond donors (Lipinski definition) is 0. The lowest BCUT2D eigenvalue weighted by molar-refractivity contribution is -0.388. The van der Waals surface area contributed by atoms with E-state index in [1.807, 2.05) is 0 Å². The van der Waals surface area contributed by atoms with Gasteiger partial charge in [0.1, 0.15) is 5.56 Å². The molecule has 1 aromatic rings. The molecule has 1 heterocycles. The van der Waals surface area contributed by atoms with Gasteiger partial charge in [-0.25, -0.2) is 14.7 Å². The molecule has 0 N–H and O–H groups in total. The van der Waals surface area contributed by atoms with Crippen molar-refractivity contribution in [1.82, 2.24) is 5.06 Å². The molecule has 108 valence electrons. The van der Waals surface area contributed by atoms with Crippen molar-refractivity contribution in [3.05, 3.63) is 33.9 Å². The summed E-state index contributed by atoms with van der Waals surface area (Å²) in [7, 11) is 1.30. The Morgan fingerprint density at radius 3 is 2.50 bits per heavy atom. The molecule has 1 aliphatic rings. The van der Waals surface area contributed by atoms with Crippen molar-refractivity contribution in [2.45, 2.75) is 6.18 Å². The summed E-state index contributed by atoms with van der Waals surface area (Å²) >= 11 is 0. The average molecular weight is 291 g/mol. The number of halogens is 3. The molecule has 10 heteroatoms. The van der Waals surface area contributed by atoms with E-state index < -0.39 is 28.4 Å². The first kappa shape index (κ1) is 14.1. The fourth-order valence-corrected chi connectivity index (χ4v) is 1.69. The summed E-state index contributed by atoms with van der Waals surface area (Å²) in [6.45, 7) is -0.259.